The Morgan fingerprint density at radius 3 is 2.30 bits per heavy atom. The van der Waals surface area contributed by atoms with E-state index in [2.05, 4.69) is 11.0 Å². The van der Waals surface area contributed by atoms with E-state index in [1.54, 1.807) is 10.4 Å². The lowest BCUT2D eigenvalue weighted by Gasteiger charge is -2.34. The van der Waals surface area contributed by atoms with Gasteiger partial charge in [0.2, 0.25) is 10.0 Å². The van der Waals surface area contributed by atoms with Crippen molar-refractivity contribution in [3.8, 4) is 0 Å². The largest absolute Gasteiger partial charge is 0.423 e. The van der Waals surface area contributed by atoms with Crippen molar-refractivity contribution in [2.75, 3.05) is 26.2 Å². The van der Waals surface area contributed by atoms with Crippen molar-refractivity contribution < 1.29 is 12.8 Å². The van der Waals surface area contributed by atoms with Gasteiger partial charge in [0, 0.05) is 44.2 Å². The molecule has 0 spiro atoms. The summed E-state index contributed by atoms with van der Waals surface area (Å²) in [6, 6.07) is 14.8. The fraction of sp³-hybridized carbons (Fsp3) is 0.348. The topological polar surface area (TPSA) is 70.8 Å². The summed E-state index contributed by atoms with van der Waals surface area (Å²) >= 11 is 0. The molecule has 0 N–H and O–H groups in total. The van der Waals surface area contributed by atoms with Crippen LogP contribution in [-0.4, -0.2) is 43.8 Å². The van der Waals surface area contributed by atoms with E-state index in [9.17, 15) is 13.2 Å². The van der Waals surface area contributed by atoms with E-state index in [1.807, 2.05) is 50.2 Å². The first-order valence-corrected chi connectivity index (χ1v) is 11.7. The van der Waals surface area contributed by atoms with Gasteiger partial charge in [-0.15, -0.1) is 0 Å². The maximum atomic E-state index is 12.8. The van der Waals surface area contributed by atoms with Gasteiger partial charge in [0.25, 0.3) is 0 Å². The lowest BCUT2D eigenvalue weighted by molar-refractivity contribution is 0.182. The second kappa shape index (κ2) is 8.34. The van der Waals surface area contributed by atoms with Gasteiger partial charge in [0.1, 0.15) is 5.58 Å². The maximum Gasteiger partial charge on any atom is 0.336 e. The number of piperazine rings is 1. The van der Waals surface area contributed by atoms with Gasteiger partial charge >= 0.3 is 5.63 Å². The van der Waals surface area contributed by atoms with Crippen molar-refractivity contribution in [3.05, 3.63) is 81.2 Å². The Labute approximate surface area is 176 Å². The highest BCUT2D eigenvalue weighted by atomic mass is 32.2. The summed E-state index contributed by atoms with van der Waals surface area (Å²) in [5.41, 5.74) is 4.20. The summed E-state index contributed by atoms with van der Waals surface area (Å²) in [5, 5.41) is 0.942. The molecule has 30 heavy (non-hydrogen) atoms. The lowest BCUT2D eigenvalue weighted by Crippen LogP contribution is -2.48. The molecule has 158 valence electrons. The number of aryl methyl sites for hydroxylation is 2. The van der Waals surface area contributed by atoms with Gasteiger partial charge < -0.3 is 4.42 Å². The fourth-order valence-electron chi connectivity index (χ4n) is 3.90. The highest BCUT2D eigenvalue weighted by Gasteiger charge is 2.27. The van der Waals surface area contributed by atoms with Crippen molar-refractivity contribution in [3.63, 3.8) is 0 Å². The molecular formula is C23H26N2O4S. The smallest absolute Gasteiger partial charge is 0.336 e. The SMILES string of the molecule is Cc1cc2oc(=O)cc(CN3CCN(S(=O)(=O)Cc4ccccc4)CC3)c2cc1C. The first kappa shape index (κ1) is 20.8. The summed E-state index contributed by atoms with van der Waals surface area (Å²) in [6.07, 6.45) is 0. The average molecular weight is 427 g/mol. The standard InChI is InChI=1S/C23H26N2O4S/c1-17-12-21-20(14-23(26)29-22(21)13-18(17)2)15-24-8-10-25(11-9-24)30(27,28)16-19-6-4-3-5-7-19/h3-7,12-14H,8-11,15-16H2,1-2H3. The number of nitrogens with zero attached hydrogens (tertiary/aromatic N) is 2. The van der Waals surface area contributed by atoms with Crippen LogP contribution in [0.5, 0.6) is 0 Å². The van der Waals surface area contributed by atoms with Gasteiger partial charge in [-0.1, -0.05) is 30.3 Å². The van der Waals surface area contributed by atoms with E-state index >= 15 is 0 Å². The predicted octanol–water partition coefficient (Wildman–Crippen LogP) is 3.06. The van der Waals surface area contributed by atoms with Crippen LogP contribution in [0.2, 0.25) is 0 Å². The van der Waals surface area contributed by atoms with Crippen LogP contribution < -0.4 is 5.63 Å². The van der Waals surface area contributed by atoms with E-state index in [0.717, 1.165) is 27.6 Å². The van der Waals surface area contributed by atoms with Gasteiger partial charge in [0.05, 0.1) is 5.75 Å². The molecule has 4 rings (SSSR count). The number of hydrogen-bond acceptors (Lipinski definition) is 5. The molecule has 1 saturated heterocycles. The van der Waals surface area contributed by atoms with Crippen molar-refractivity contribution in [2.24, 2.45) is 0 Å². The molecule has 0 unspecified atom stereocenters. The first-order valence-electron chi connectivity index (χ1n) is 10.1. The minimum atomic E-state index is -3.34. The van der Waals surface area contributed by atoms with Crippen LogP contribution in [0.3, 0.4) is 0 Å². The molecule has 0 bridgehead atoms. The second-order valence-electron chi connectivity index (χ2n) is 7.94. The third-order valence-electron chi connectivity index (χ3n) is 5.75. The summed E-state index contributed by atoms with van der Waals surface area (Å²) in [6.45, 7) is 6.79. The Hall–Kier alpha value is -2.48. The van der Waals surface area contributed by atoms with Crippen LogP contribution >= 0.6 is 0 Å². The second-order valence-corrected chi connectivity index (χ2v) is 9.91. The molecule has 1 fully saturated rings. The quantitative estimate of drug-likeness (QED) is 0.587. The normalized spacial score (nSPS) is 16.2. The van der Waals surface area contributed by atoms with Crippen LogP contribution in [0, 0.1) is 13.8 Å². The highest BCUT2D eigenvalue weighted by Crippen LogP contribution is 2.23. The average Bonchev–Trinajstić information content (AvgIpc) is 2.70. The van der Waals surface area contributed by atoms with Crippen LogP contribution in [0.15, 0.2) is 57.7 Å². The summed E-state index contributed by atoms with van der Waals surface area (Å²) < 4.78 is 32.5. The summed E-state index contributed by atoms with van der Waals surface area (Å²) in [5.74, 6) is 0.0246. The maximum absolute atomic E-state index is 12.8. The van der Waals surface area contributed by atoms with Crippen LogP contribution in [0.25, 0.3) is 11.0 Å². The molecule has 0 aliphatic carbocycles. The molecule has 2 heterocycles. The van der Waals surface area contributed by atoms with Crippen molar-refractivity contribution in [2.45, 2.75) is 26.1 Å². The molecule has 0 amide bonds. The monoisotopic (exact) mass is 426 g/mol. The van der Waals surface area contributed by atoms with E-state index in [4.69, 9.17) is 4.42 Å². The van der Waals surface area contributed by atoms with Crippen LogP contribution in [0.4, 0.5) is 0 Å². The van der Waals surface area contributed by atoms with Crippen LogP contribution in [-0.2, 0) is 22.3 Å². The molecule has 1 aliphatic heterocycles. The minimum absolute atomic E-state index is 0.0246. The summed E-state index contributed by atoms with van der Waals surface area (Å²) in [4.78, 5) is 14.2. The number of fused-ring (bicyclic) bond motifs is 1. The highest BCUT2D eigenvalue weighted by molar-refractivity contribution is 7.88. The molecule has 2 aromatic carbocycles. The first-order chi connectivity index (χ1) is 14.3. The number of benzene rings is 2. The zero-order valence-electron chi connectivity index (χ0n) is 17.3. The number of sulfonamides is 1. The molecule has 0 saturated carbocycles. The molecule has 6 nitrogen and oxygen atoms in total. The van der Waals surface area contributed by atoms with Gasteiger partial charge in [-0.25, -0.2) is 13.2 Å². The van der Waals surface area contributed by atoms with E-state index in [0.29, 0.717) is 38.3 Å². The Bertz CT molecular complexity index is 1210. The molecule has 0 radical (unpaired) electrons. The van der Waals surface area contributed by atoms with Gasteiger partial charge in [-0.2, -0.15) is 4.31 Å². The van der Waals surface area contributed by atoms with E-state index < -0.39 is 10.0 Å². The van der Waals surface area contributed by atoms with E-state index in [1.165, 1.54) is 0 Å². The molecule has 7 heteroatoms. The third kappa shape index (κ3) is 4.48. The Morgan fingerprint density at radius 1 is 0.933 bits per heavy atom. The number of hydrogen-bond donors (Lipinski definition) is 0. The van der Waals surface area contributed by atoms with Gasteiger partial charge in [-0.3, -0.25) is 4.90 Å². The Morgan fingerprint density at radius 2 is 1.60 bits per heavy atom. The van der Waals surface area contributed by atoms with Gasteiger partial charge in [-0.05, 0) is 48.2 Å². The number of rotatable bonds is 5. The zero-order chi connectivity index (χ0) is 21.3. The van der Waals surface area contributed by atoms with Crippen molar-refractivity contribution in [1.82, 2.24) is 9.21 Å². The molecule has 3 aromatic rings. The third-order valence-corrected chi connectivity index (χ3v) is 7.61. The lowest BCUT2D eigenvalue weighted by atomic mass is 10.0. The van der Waals surface area contributed by atoms with E-state index in [-0.39, 0.29) is 11.4 Å². The van der Waals surface area contributed by atoms with Gasteiger partial charge in [0.15, 0.2) is 0 Å². The molecule has 0 atom stereocenters. The Kier molecular flexibility index (Phi) is 5.77. The Balaban J connectivity index is 1.46. The molecule has 1 aromatic heterocycles. The minimum Gasteiger partial charge on any atom is -0.423 e. The summed E-state index contributed by atoms with van der Waals surface area (Å²) in [7, 11) is -3.34. The predicted molar refractivity (Wildman–Crippen MR) is 118 cm³/mol. The molecular weight excluding hydrogens is 400 g/mol. The van der Waals surface area contributed by atoms with Crippen molar-refractivity contribution >= 4 is 21.0 Å². The fourth-order valence-corrected chi connectivity index (χ4v) is 5.41. The van der Waals surface area contributed by atoms with Crippen LogP contribution in [0.1, 0.15) is 22.3 Å². The molecule has 1 aliphatic rings. The zero-order valence-corrected chi connectivity index (χ0v) is 18.1. The van der Waals surface area contributed by atoms with Crippen molar-refractivity contribution in [1.29, 1.82) is 0 Å².